The molecule has 1 aliphatic carbocycles. The number of anilines is 1. The van der Waals surface area contributed by atoms with Crippen LogP contribution in [0.3, 0.4) is 0 Å². The average molecular weight is 295 g/mol. The second kappa shape index (κ2) is 5.47. The van der Waals surface area contributed by atoms with Crippen LogP contribution in [0.25, 0.3) is 0 Å². The van der Waals surface area contributed by atoms with E-state index in [0.717, 1.165) is 19.5 Å². The van der Waals surface area contributed by atoms with Crippen LogP contribution in [0.15, 0.2) is 34.7 Å². The van der Waals surface area contributed by atoms with Gasteiger partial charge in [0.2, 0.25) is 17.5 Å². The van der Waals surface area contributed by atoms with Crippen molar-refractivity contribution < 1.29 is 9.15 Å². The molecular weight excluding hydrogens is 278 g/mol. The third-order valence-corrected chi connectivity index (χ3v) is 4.37. The predicted molar refractivity (Wildman–Crippen MR) is 80.8 cm³/mol. The van der Waals surface area contributed by atoms with Crippen LogP contribution in [0.1, 0.15) is 35.4 Å². The number of rotatable bonds is 3. The molecule has 2 heterocycles. The number of benzene rings is 1. The first-order chi connectivity index (χ1) is 10.9. The van der Waals surface area contributed by atoms with Crippen molar-refractivity contribution in [3.63, 3.8) is 0 Å². The lowest BCUT2D eigenvalue weighted by atomic mass is 10.1. The maximum Gasteiger partial charge on any atom is 0.234 e. The van der Waals surface area contributed by atoms with E-state index in [1.165, 1.54) is 5.56 Å². The summed E-state index contributed by atoms with van der Waals surface area (Å²) in [5.41, 5.74) is 1.72. The molecule has 0 spiro atoms. The fourth-order valence-electron chi connectivity index (χ4n) is 3.08. The van der Waals surface area contributed by atoms with Gasteiger partial charge in [0, 0.05) is 19.0 Å². The molecule has 1 saturated carbocycles. The molecule has 0 amide bonds. The Morgan fingerprint density at radius 2 is 1.91 bits per heavy atom. The van der Waals surface area contributed by atoms with Gasteiger partial charge in [-0.2, -0.15) is 5.26 Å². The van der Waals surface area contributed by atoms with E-state index in [9.17, 15) is 5.26 Å². The summed E-state index contributed by atoms with van der Waals surface area (Å²) in [6.07, 6.45) is 1.04. The summed E-state index contributed by atoms with van der Waals surface area (Å²) in [6.45, 7) is 2.82. The molecular formula is C17H17N3O2. The van der Waals surface area contributed by atoms with Crippen molar-refractivity contribution in [2.45, 2.75) is 18.3 Å². The van der Waals surface area contributed by atoms with Crippen LogP contribution < -0.4 is 4.90 Å². The van der Waals surface area contributed by atoms with Gasteiger partial charge in [0.25, 0.3) is 0 Å². The van der Waals surface area contributed by atoms with Crippen molar-refractivity contribution in [1.82, 2.24) is 4.98 Å². The van der Waals surface area contributed by atoms with Crippen molar-refractivity contribution >= 4 is 5.88 Å². The summed E-state index contributed by atoms with van der Waals surface area (Å²) >= 11 is 0. The van der Waals surface area contributed by atoms with Gasteiger partial charge in [-0.15, -0.1) is 0 Å². The Kier molecular flexibility index (Phi) is 3.32. The molecule has 0 radical (unpaired) electrons. The number of oxazole rings is 1. The first-order valence-electron chi connectivity index (χ1n) is 7.65. The van der Waals surface area contributed by atoms with Crippen LogP contribution in [0, 0.1) is 11.3 Å². The summed E-state index contributed by atoms with van der Waals surface area (Å²) in [4.78, 5) is 6.49. The molecule has 1 saturated heterocycles. The molecule has 5 nitrogen and oxygen atoms in total. The van der Waals surface area contributed by atoms with E-state index < -0.39 is 0 Å². The molecule has 22 heavy (non-hydrogen) atoms. The van der Waals surface area contributed by atoms with Crippen molar-refractivity contribution in [3.8, 4) is 6.07 Å². The number of ether oxygens (including phenoxy) is 1. The lowest BCUT2D eigenvalue weighted by Crippen LogP contribution is -2.36. The van der Waals surface area contributed by atoms with E-state index in [1.807, 2.05) is 6.07 Å². The summed E-state index contributed by atoms with van der Waals surface area (Å²) < 4.78 is 11.3. The van der Waals surface area contributed by atoms with E-state index in [1.54, 1.807) is 0 Å². The van der Waals surface area contributed by atoms with E-state index in [2.05, 4.69) is 40.2 Å². The molecule has 4 rings (SSSR count). The van der Waals surface area contributed by atoms with Crippen molar-refractivity contribution in [2.75, 3.05) is 31.2 Å². The Morgan fingerprint density at radius 3 is 2.64 bits per heavy atom. The van der Waals surface area contributed by atoms with Crippen LogP contribution in [-0.4, -0.2) is 31.3 Å². The van der Waals surface area contributed by atoms with Crippen LogP contribution in [0.2, 0.25) is 0 Å². The summed E-state index contributed by atoms with van der Waals surface area (Å²) in [5, 5.41) is 9.32. The highest BCUT2D eigenvalue weighted by Crippen LogP contribution is 2.54. The Balaban J connectivity index is 1.57. The molecule has 1 aromatic heterocycles. The topological polar surface area (TPSA) is 62.3 Å². The van der Waals surface area contributed by atoms with Gasteiger partial charge in [-0.1, -0.05) is 30.3 Å². The Labute approximate surface area is 129 Å². The van der Waals surface area contributed by atoms with Gasteiger partial charge in [-0.05, 0) is 17.9 Å². The highest BCUT2D eigenvalue weighted by Gasteiger charge is 2.44. The molecule has 2 aromatic rings. The van der Waals surface area contributed by atoms with E-state index in [-0.39, 0.29) is 0 Å². The van der Waals surface area contributed by atoms with Gasteiger partial charge in [-0.3, -0.25) is 0 Å². The predicted octanol–water partition coefficient (Wildman–Crippen LogP) is 2.65. The smallest absolute Gasteiger partial charge is 0.234 e. The monoisotopic (exact) mass is 295 g/mol. The van der Waals surface area contributed by atoms with Gasteiger partial charge < -0.3 is 14.1 Å². The van der Waals surface area contributed by atoms with Gasteiger partial charge in [-0.25, -0.2) is 4.98 Å². The lowest BCUT2D eigenvalue weighted by molar-refractivity contribution is 0.120. The third kappa shape index (κ3) is 2.36. The normalized spacial score (nSPS) is 24.0. The zero-order valence-corrected chi connectivity index (χ0v) is 12.2. The molecule has 2 atom stereocenters. The number of nitrogens with zero attached hydrogens (tertiary/aromatic N) is 3. The van der Waals surface area contributed by atoms with Gasteiger partial charge in [0.05, 0.1) is 13.2 Å². The van der Waals surface area contributed by atoms with E-state index >= 15 is 0 Å². The van der Waals surface area contributed by atoms with Gasteiger partial charge in [0.15, 0.2) is 0 Å². The van der Waals surface area contributed by atoms with Crippen LogP contribution in [0.4, 0.5) is 5.88 Å². The second-order valence-corrected chi connectivity index (χ2v) is 5.78. The Hall–Kier alpha value is -2.32. The molecule has 0 N–H and O–H groups in total. The third-order valence-electron chi connectivity index (χ3n) is 4.37. The van der Waals surface area contributed by atoms with Crippen LogP contribution in [-0.2, 0) is 4.74 Å². The van der Waals surface area contributed by atoms with Crippen molar-refractivity contribution in [2.24, 2.45) is 0 Å². The van der Waals surface area contributed by atoms with Crippen molar-refractivity contribution in [1.29, 1.82) is 5.26 Å². The number of hydrogen-bond acceptors (Lipinski definition) is 5. The standard InChI is InChI=1S/C17H17N3O2/c18-11-15-17(20-6-8-21-9-7-20)22-16(19-15)14-10-13(14)12-4-2-1-3-5-12/h1-5,13-14H,6-10H2/t13-,14+/m0/s1. The minimum atomic E-state index is 0.296. The lowest BCUT2D eigenvalue weighted by Gasteiger charge is -2.26. The average Bonchev–Trinajstić information content (AvgIpc) is 3.28. The first kappa shape index (κ1) is 13.4. The molecule has 1 aromatic carbocycles. The minimum absolute atomic E-state index is 0.296. The fourth-order valence-corrected chi connectivity index (χ4v) is 3.08. The van der Waals surface area contributed by atoms with E-state index in [4.69, 9.17) is 9.15 Å². The highest BCUT2D eigenvalue weighted by atomic mass is 16.5. The number of aromatic nitrogens is 1. The Bertz CT molecular complexity index is 698. The molecule has 2 aliphatic rings. The zero-order valence-electron chi connectivity index (χ0n) is 12.2. The molecule has 5 heteroatoms. The fraction of sp³-hybridized carbons (Fsp3) is 0.412. The summed E-state index contributed by atoms with van der Waals surface area (Å²) in [5.74, 6) is 2.07. The van der Waals surface area contributed by atoms with E-state index in [0.29, 0.717) is 42.5 Å². The molecule has 0 bridgehead atoms. The zero-order chi connectivity index (χ0) is 14.9. The largest absolute Gasteiger partial charge is 0.423 e. The quantitative estimate of drug-likeness (QED) is 0.871. The second-order valence-electron chi connectivity index (χ2n) is 5.78. The maximum atomic E-state index is 9.32. The molecule has 2 fully saturated rings. The SMILES string of the molecule is N#Cc1nc([C@@H]2C[C@H]2c2ccccc2)oc1N1CCOCC1. The molecule has 112 valence electrons. The highest BCUT2D eigenvalue weighted by molar-refractivity contribution is 5.49. The van der Waals surface area contributed by atoms with Gasteiger partial charge in [0.1, 0.15) is 6.07 Å². The maximum absolute atomic E-state index is 9.32. The molecule has 1 aliphatic heterocycles. The van der Waals surface area contributed by atoms with Crippen LogP contribution >= 0.6 is 0 Å². The van der Waals surface area contributed by atoms with Crippen molar-refractivity contribution in [3.05, 3.63) is 47.5 Å². The minimum Gasteiger partial charge on any atom is -0.423 e. The first-order valence-corrected chi connectivity index (χ1v) is 7.65. The molecule has 0 unspecified atom stereocenters. The summed E-state index contributed by atoms with van der Waals surface area (Å²) in [6, 6.07) is 12.6. The summed E-state index contributed by atoms with van der Waals surface area (Å²) in [7, 11) is 0. The Morgan fingerprint density at radius 1 is 1.14 bits per heavy atom. The number of hydrogen-bond donors (Lipinski definition) is 0. The van der Waals surface area contributed by atoms with Crippen LogP contribution in [0.5, 0.6) is 0 Å². The number of nitriles is 1. The number of morpholine rings is 1. The van der Waals surface area contributed by atoms with Gasteiger partial charge >= 0.3 is 0 Å².